The molecular weight excluding hydrogens is 162 g/mol. The van der Waals surface area contributed by atoms with E-state index in [9.17, 15) is 4.79 Å². The van der Waals surface area contributed by atoms with E-state index >= 15 is 0 Å². The van der Waals surface area contributed by atoms with Gasteiger partial charge in [-0.05, 0) is 6.42 Å². The number of halogens is 1. The van der Waals surface area contributed by atoms with Gasteiger partial charge in [0.1, 0.15) is 0 Å². The summed E-state index contributed by atoms with van der Waals surface area (Å²) in [6.45, 7) is 0. The molecule has 0 saturated heterocycles. The summed E-state index contributed by atoms with van der Waals surface area (Å²) in [5.41, 5.74) is 0. The van der Waals surface area contributed by atoms with Gasteiger partial charge in [-0.1, -0.05) is 15.9 Å². The summed E-state index contributed by atoms with van der Waals surface area (Å²) in [5, 5.41) is 8.80. The number of carbonyl (C=O) groups is 1. The largest absolute Gasteiger partial charge is 0.481 e. The van der Waals surface area contributed by atoms with Gasteiger partial charge < -0.3 is 5.11 Å². The molecule has 7 heavy (non-hydrogen) atoms. The highest BCUT2D eigenvalue weighted by Crippen LogP contribution is 1.91. The molecule has 0 atom stereocenters. The topological polar surface area (TPSA) is 37.3 Å². The molecule has 0 aliphatic rings. The molecule has 0 spiro atoms. The van der Waals surface area contributed by atoms with Crippen LogP contribution in [0.15, 0.2) is 0 Å². The average Bonchev–Trinajstić information content (AvgIpc) is 1.61. The Morgan fingerprint density at radius 1 is 1.71 bits per heavy atom. The molecule has 0 heterocycles. The summed E-state index contributed by atoms with van der Waals surface area (Å²) in [6, 6.07) is 0. The van der Waals surface area contributed by atoms with Crippen molar-refractivity contribution in [2.75, 3.05) is 5.33 Å². The highest BCUT2D eigenvalue weighted by molar-refractivity contribution is 9.09. The van der Waals surface area contributed by atoms with E-state index in [4.69, 9.17) is 5.11 Å². The molecule has 0 rings (SSSR count). The van der Waals surface area contributed by atoms with Crippen molar-refractivity contribution in [1.82, 2.24) is 0 Å². The van der Waals surface area contributed by atoms with E-state index in [0.717, 1.165) is 11.8 Å². The predicted octanol–water partition coefficient (Wildman–Crippen LogP) is 1.25. The second-order valence-corrected chi connectivity index (χ2v) is 1.98. The molecule has 0 aromatic rings. The second kappa shape index (κ2) is 4.12. The number of carboxylic acids is 1. The summed E-state index contributed by atoms with van der Waals surface area (Å²) >= 11 is 3.11. The van der Waals surface area contributed by atoms with Gasteiger partial charge in [-0.15, -0.1) is 0 Å². The quantitative estimate of drug-likeness (QED) is 0.645. The van der Waals surface area contributed by atoms with Crippen molar-refractivity contribution in [3.05, 3.63) is 0 Å². The maximum absolute atomic E-state index is 9.74. The minimum atomic E-state index is -0.723. The number of rotatable bonds is 3. The van der Waals surface area contributed by atoms with E-state index in [1.54, 1.807) is 0 Å². The fraction of sp³-hybridized carbons (Fsp3) is 0.750. The van der Waals surface area contributed by atoms with Crippen molar-refractivity contribution in [2.45, 2.75) is 12.8 Å². The molecule has 0 unspecified atom stereocenters. The van der Waals surface area contributed by atoms with E-state index in [2.05, 4.69) is 15.9 Å². The third kappa shape index (κ3) is 5.95. The van der Waals surface area contributed by atoms with E-state index in [-0.39, 0.29) is 6.42 Å². The Balaban J connectivity index is 2.82. The smallest absolute Gasteiger partial charge is 0.303 e. The zero-order chi connectivity index (χ0) is 5.70. The van der Waals surface area contributed by atoms with E-state index in [1.807, 2.05) is 0 Å². The first kappa shape index (κ1) is 6.95. The Morgan fingerprint density at radius 3 is 2.43 bits per heavy atom. The Morgan fingerprint density at radius 2 is 2.29 bits per heavy atom. The van der Waals surface area contributed by atoms with Gasteiger partial charge in [-0.25, -0.2) is 0 Å². The normalized spacial score (nSPS) is 8.71. The van der Waals surface area contributed by atoms with Gasteiger partial charge in [0.25, 0.3) is 0 Å². The minimum absolute atomic E-state index is 0.269. The summed E-state index contributed by atoms with van der Waals surface area (Å²) in [4.78, 5) is 9.74. The molecule has 0 aromatic heterocycles. The lowest BCUT2D eigenvalue weighted by molar-refractivity contribution is -0.137. The van der Waals surface area contributed by atoms with Crippen LogP contribution in [0.3, 0.4) is 0 Å². The van der Waals surface area contributed by atoms with Gasteiger partial charge in [-0.2, -0.15) is 0 Å². The monoisotopic (exact) mass is 168 g/mol. The molecule has 0 aromatic carbocycles. The van der Waals surface area contributed by atoms with Crippen LogP contribution in [0.5, 0.6) is 0 Å². The highest BCUT2D eigenvalue weighted by atomic mass is 79.9. The average molecular weight is 169 g/mol. The number of alkyl halides is 1. The molecule has 42 valence electrons. The highest BCUT2D eigenvalue weighted by Gasteiger charge is 1.91. The molecule has 0 aliphatic carbocycles. The van der Waals surface area contributed by atoms with Crippen molar-refractivity contribution in [2.24, 2.45) is 0 Å². The SMILES string of the molecule is O=[14C](O)CCCBr. The molecule has 0 aliphatic heterocycles. The first-order valence-electron chi connectivity index (χ1n) is 2.05. The molecule has 0 bridgehead atoms. The lowest BCUT2D eigenvalue weighted by Crippen LogP contribution is -1.93. The fourth-order valence-electron chi connectivity index (χ4n) is 0.218. The molecule has 0 amide bonds. The molecule has 3 heteroatoms. The summed E-state index contributed by atoms with van der Waals surface area (Å²) < 4.78 is 0. The van der Waals surface area contributed by atoms with E-state index in [1.165, 1.54) is 0 Å². The zero-order valence-corrected chi connectivity index (χ0v) is 5.44. The van der Waals surface area contributed by atoms with Crippen molar-refractivity contribution in [3.8, 4) is 0 Å². The van der Waals surface area contributed by atoms with Gasteiger partial charge in [-0.3, -0.25) is 4.79 Å². The number of hydrogen-bond acceptors (Lipinski definition) is 1. The summed E-state index contributed by atoms with van der Waals surface area (Å²) in [5.74, 6) is -0.723. The third-order valence-corrected chi connectivity index (χ3v) is 1.09. The minimum Gasteiger partial charge on any atom is -0.481 e. The molecule has 1 N–H and O–H groups in total. The number of carboxylic acid groups (broad SMARTS) is 1. The maximum Gasteiger partial charge on any atom is 0.303 e. The van der Waals surface area contributed by atoms with Gasteiger partial charge >= 0.3 is 5.97 Å². The third-order valence-electron chi connectivity index (χ3n) is 0.524. The zero-order valence-electron chi connectivity index (χ0n) is 3.85. The Labute approximate surface area is 50.7 Å². The lowest BCUT2D eigenvalue weighted by Gasteiger charge is -1.84. The Hall–Kier alpha value is -0.0500. The van der Waals surface area contributed by atoms with Gasteiger partial charge in [0.05, 0.1) is 0 Å². The second-order valence-electron chi connectivity index (χ2n) is 1.19. The summed E-state index contributed by atoms with van der Waals surface area (Å²) in [6.07, 6.45) is 0.987. The van der Waals surface area contributed by atoms with Crippen LogP contribution in [0.1, 0.15) is 12.8 Å². The number of aliphatic carboxylic acids is 1. The molecule has 0 radical (unpaired) electrons. The van der Waals surface area contributed by atoms with Crippen LogP contribution in [0, 0.1) is 0 Å². The Bertz CT molecular complexity index is 62.7. The molecular formula is C4H7BrO2. The van der Waals surface area contributed by atoms with Gasteiger partial charge in [0, 0.05) is 11.8 Å². The van der Waals surface area contributed by atoms with E-state index in [0.29, 0.717) is 0 Å². The van der Waals surface area contributed by atoms with Crippen LogP contribution < -0.4 is 0 Å². The van der Waals surface area contributed by atoms with Crippen molar-refractivity contribution in [3.63, 3.8) is 0 Å². The van der Waals surface area contributed by atoms with Crippen LogP contribution in [-0.4, -0.2) is 16.4 Å². The maximum atomic E-state index is 9.74. The van der Waals surface area contributed by atoms with Crippen LogP contribution in [-0.2, 0) is 4.79 Å². The first-order chi connectivity index (χ1) is 3.27. The van der Waals surface area contributed by atoms with Gasteiger partial charge in [0.2, 0.25) is 0 Å². The van der Waals surface area contributed by atoms with Crippen LogP contribution in [0.25, 0.3) is 0 Å². The molecule has 2 nitrogen and oxygen atoms in total. The lowest BCUT2D eigenvalue weighted by atomic mass is 10.5. The predicted molar refractivity (Wildman–Crippen MR) is 30.7 cm³/mol. The van der Waals surface area contributed by atoms with Gasteiger partial charge in [0.15, 0.2) is 0 Å². The Kier molecular flexibility index (Phi) is 4.09. The molecule has 0 saturated carbocycles. The first-order valence-corrected chi connectivity index (χ1v) is 3.17. The van der Waals surface area contributed by atoms with Crippen molar-refractivity contribution >= 4 is 21.9 Å². The fourth-order valence-corrected chi connectivity index (χ4v) is 0.498. The van der Waals surface area contributed by atoms with E-state index < -0.39 is 5.97 Å². The standard InChI is InChI=1S/C4H7BrO2/c5-3-1-2-4(6)7/h1-3H2,(H,6,7)/i4+2. The van der Waals surface area contributed by atoms with Crippen LogP contribution in [0.2, 0.25) is 0 Å². The number of hydrogen-bond donors (Lipinski definition) is 1. The molecule has 0 fully saturated rings. The summed E-state index contributed by atoms with van der Waals surface area (Å²) in [7, 11) is 0. The van der Waals surface area contributed by atoms with Crippen LogP contribution >= 0.6 is 15.9 Å². The van der Waals surface area contributed by atoms with Crippen molar-refractivity contribution < 1.29 is 9.90 Å². The van der Waals surface area contributed by atoms with Crippen LogP contribution in [0.4, 0.5) is 0 Å². The van der Waals surface area contributed by atoms with Crippen molar-refractivity contribution in [1.29, 1.82) is 0 Å².